The molecule has 0 bridgehead atoms. The van der Waals surface area contributed by atoms with Gasteiger partial charge in [-0.2, -0.15) is 0 Å². The molecular weight excluding hydrogens is 376 g/mol. The minimum absolute atomic E-state index is 0.0683. The Morgan fingerprint density at radius 2 is 2.00 bits per heavy atom. The molecule has 2 aromatic carbocycles. The van der Waals surface area contributed by atoms with Crippen LogP contribution in [0.1, 0.15) is 86.1 Å². The molecule has 158 valence electrons. The zero-order chi connectivity index (χ0) is 20.9. The molecule has 0 spiro atoms. The van der Waals surface area contributed by atoms with Gasteiger partial charge in [-0.25, -0.2) is 0 Å². The number of ether oxygens (including phenoxy) is 2. The lowest BCUT2D eigenvalue weighted by atomic mass is 9.76. The van der Waals surface area contributed by atoms with Crippen LogP contribution in [0.5, 0.6) is 11.5 Å². The molecule has 1 aliphatic heterocycles. The van der Waals surface area contributed by atoms with E-state index in [2.05, 4.69) is 32.0 Å². The number of fused-ring (bicyclic) bond motifs is 2. The van der Waals surface area contributed by atoms with Gasteiger partial charge in [-0.3, -0.25) is 4.79 Å². The lowest BCUT2D eigenvalue weighted by molar-refractivity contribution is -0.137. The van der Waals surface area contributed by atoms with Crippen LogP contribution in [-0.2, 0) is 11.2 Å². The van der Waals surface area contributed by atoms with Crippen LogP contribution in [0.2, 0.25) is 0 Å². The molecule has 1 saturated carbocycles. The zero-order valence-electron chi connectivity index (χ0n) is 17.8. The first-order valence-electron chi connectivity index (χ1n) is 11.2. The van der Waals surface area contributed by atoms with Gasteiger partial charge in [0.05, 0.1) is 13.0 Å². The van der Waals surface area contributed by atoms with E-state index in [0.717, 1.165) is 29.9 Å². The van der Waals surface area contributed by atoms with Crippen LogP contribution in [-0.4, -0.2) is 17.7 Å². The Morgan fingerprint density at radius 1 is 1.17 bits per heavy atom. The molecule has 4 heteroatoms. The van der Waals surface area contributed by atoms with E-state index in [-0.39, 0.29) is 18.4 Å². The molecular formula is C26H30O4. The molecule has 1 fully saturated rings. The first-order valence-corrected chi connectivity index (χ1v) is 11.2. The number of aliphatic carboxylic acids is 1. The molecule has 2 aromatic rings. The van der Waals surface area contributed by atoms with Crippen molar-refractivity contribution in [1.82, 2.24) is 0 Å². The van der Waals surface area contributed by atoms with Crippen molar-refractivity contribution in [2.24, 2.45) is 5.41 Å². The summed E-state index contributed by atoms with van der Waals surface area (Å²) in [6.45, 7) is 5.25. The van der Waals surface area contributed by atoms with Crippen molar-refractivity contribution in [3.63, 3.8) is 0 Å². The molecule has 2 aliphatic carbocycles. The molecule has 1 heterocycles. The Labute approximate surface area is 178 Å². The summed E-state index contributed by atoms with van der Waals surface area (Å²) < 4.78 is 12.2. The fraction of sp³-hybridized carbons (Fsp3) is 0.500. The van der Waals surface area contributed by atoms with Gasteiger partial charge in [0.15, 0.2) is 0 Å². The predicted molar refractivity (Wildman–Crippen MR) is 115 cm³/mol. The first-order chi connectivity index (χ1) is 14.4. The summed E-state index contributed by atoms with van der Waals surface area (Å²) in [6.07, 6.45) is 6.15. The molecule has 3 atom stereocenters. The van der Waals surface area contributed by atoms with Crippen LogP contribution in [0.25, 0.3) is 0 Å². The normalized spacial score (nSPS) is 26.1. The van der Waals surface area contributed by atoms with Gasteiger partial charge in [-0.1, -0.05) is 44.5 Å². The third-order valence-corrected chi connectivity index (χ3v) is 7.45. The molecule has 5 rings (SSSR count). The Kier molecular flexibility index (Phi) is 4.76. The Morgan fingerprint density at radius 3 is 2.77 bits per heavy atom. The maximum Gasteiger partial charge on any atom is 0.304 e. The molecule has 1 N–H and O–H groups in total. The van der Waals surface area contributed by atoms with Gasteiger partial charge in [0.2, 0.25) is 0 Å². The number of carbonyl (C=O) groups is 1. The molecule has 30 heavy (non-hydrogen) atoms. The summed E-state index contributed by atoms with van der Waals surface area (Å²) in [6, 6.07) is 12.6. The lowest BCUT2D eigenvalue weighted by Crippen LogP contribution is -2.17. The Bertz CT molecular complexity index is 977. The molecule has 0 radical (unpaired) electrons. The summed E-state index contributed by atoms with van der Waals surface area (Å²) in [4.78, 5) is 11.1. The van der Waals surface area contributed by atoms with Crippen LogP contribution in [0.15, 0.2) is 36.4 Å². The van der Waals surface area contributed by atoms with Crippen molar-refractivity contribution in [3.05, 3.63) is 58.7 Å². The van der Waals surface area contributed by atoms with Crippen molar-refractivity contribution in [2.75, 3.05) is 6.61 Å². The Balaban J connectivity index is 1.37. The topological polar surface area (TPSA) is 55.8 Å². The van der Waals surface area contributed by atoms with Gasteiger partial charge in [-0.05, 0) is 59.8 Å². The number of hydrogen-bond acceptors (Lipinski definition) is 3. The number of carboxylic acids is 1. The van der Waals surface area contributed by atoms with Crippen LogP contribution < -0.4 is 9.47 Å². The molecule has 3 aliphatic rings. The van der Waals surface area contributed by atoms with E-state index < -0.39 is 5.97 Å². The SMILES string of the molecule is CC1(C)CCCC1c1cccc2c1CCC2Oc1ccc2c(c1)OCC2CC(=O)O. The minimum Gasteiger partial charge on any atom is -0.492 e. The molecule has 0 amide bonds. The van der Waals surface area contributed by atoms with Gasteiger partial charge < -0.3 is 14.6 Å². The molecule has 0 aromatic heterocycles. The fourth-order valence-electron chi connectivity index (χ4n) is 5.87. The third kappa shape index (κ3) is 3.36. The number of rotatable bonds is 5. The van der Waals surface area contributed by atoms with E-state index >= 15 is 0 Å². The smallest absolute Gasteiger partial charge is 0.304 e. The molecule has 0 saturated heterocycles. The van der Waals surface area contributed by atoms with Gasteiger partial charge in [0, 0.05) is 17.5 Å². The van der Waals surface area contributed by atoms with Crippen molar-refractivity contribution in [1.29, 1.82) is 0 Å². The highest BCUT2D eigenvalue weighted by Gasteiger charge is 2.38. The average Bonchev–Trinajstić information content (AvgIpc) is 3.39. The summed E-state index contributed by atoms with van der Waals surface area (Å²) in [5.74, 6) is 1.34. The third-order valence-electron chi connectivity index (χ3n) is 7.45. The lowest BCUT2D eigenvalue weighted by Gasteiger charge is -2.29. The van der Waals surface area contributed by atoms with Crippen LogP contribution in [0.4, 0.5) is 0 Å². The number of carboxylic acid groups (broad SMARTS) is 1. The van der Waals surface area contributed by atoms with E-state index in [1.54, 1.807) is 0 Å². The summed E-state index contributed by atoms with van der Waals surface area (Å²) in [7, 11) is 0. The number of benzene rings is 2. The van der Waals surface area contributed by atoms with E-state index in [4.69, 9.17) is 14.6 Å². The second-order valence-electron chi connectivity index (χ2n) is 9.80. The molecule has 4 nitrogen and oxygen atoms in total. The minimum atomic E-state index is -0.791. The summed E-state index contributed by atoms with van der Waals surface area (Å²) >= 11 is 0. The quantitative estimate of drug-likeness (QED) is 0.662. The maximum absolute atomic E-state index is 11.1. The molecule has 3 unspecified atom stereocenters. The van der Waals surface area contributed by atoms with Crippen LogP contribution in [0.3, 0.4) is 0 Å². The van der Waals surface area contributed by atoms with E-state index in [1.165, 1.54) is 36.0 Å². The van der Waals surface area contributed by atoms with Crippen molar-refractivity contribution in [3.8, 4) is 11.5 Å². The van der Waals surface area contributed by atoms with Crippen molar-refractivity contribution >= 4 is 5.97 Å². The van der Waals surface area contributed by atoms with E-state index in [9.17, 15) is 4.79 Å². The van der Waals surface area contributed by atoms with Crippen LogP contribution in [0, 0.1) is 5.41 Å². The van der Waals surface area contributed by atoms with Crippen molar-refractivity contribution < 1.29 is 19.4 Å². The second kappa shape index (κ2) is 7.33. The van der Waals surface area contributed by atoms with Gasteiger partial charge in [0.25, 0.3) is 0 Å². The zero-order valence-corrected chi connectivity index (χ0v) is 17.8. The van der Waals surface area contributed by atoms with Crippen LogP contribution >= 0.6 is 0 Å². The van der Waals surface area contributed by atoms with Crippen molar-refractivity contribution in [2.45, 2.75) is 70.3 Å². The summed E-state index contributed by atoms with van der Waals surface area (Å²) in [5, 5.41) is 9.09. The van der Waals surface area contributed by atoms with Gasteiger partial charge in [0.1, 0.15) is 17.6 Å². The van der Waals surface area contributed by atoms with E-state index in [1.807, 2.05) is 18.2 Å². The number of hydrogen-bond donors (Lipinski definition) is 1. The first kappa shape index (κ1) is 19.5. The largest absolute Gasteiger partial charge is 0.492 e. The predicted octanol–water partition coefficient (Wildman–Crippen LogP) is 6.00. The highest BCUT2D eigenvalue weighted by atomic mass is 16.5. The van der Waals surface area contributed by atoms with E-state index in [0.29, 0.717) is 17.9 Å². The highest BCUT2D eigenvalue weighted by molar-refractivity contribution is 5.68. The fourth-order valence-corrected chi connectivity index (χ4v) is 5.87. The highest BCUT2D eigenvalue weighted by Crippen LogP contribution is 2.51. The Hall–Kier alpha value is -2.49. The second-order valence-corrected chi connectivity index (χ2v) is 9.80. The monoisotopic (exact) mass is 406 g/mol. The standard InChI is InChI=1S/C26H30O4/c1-26(2)12-4-7-22(26)20-5-3-6-21-19(20)10-11-23(21)30-17-8-9-18-16(13-25(27)28)15-29-24(18)14-17/h3,5-6,8-9,14,16,22-23H,4,7,10-13,15H2,1-2H3,(H,27,28). The summed E-state index contributed by atoms with van der Waals surface area (Å²) in [5.41, 5.74) is 5.72. The van der Waals surface area contributed by atoms with Gasteiger partial charge in [-0.15, -0.1) is 0 Å². The average molecular weight is 407 g/mol. The van der Waals surface area contributed by atoms with Gasteiger partial charge >= 0.3 is 5.97 Å². The maximum atomic E-state index is 11.1.